The Kier molecular flexibility index (Phi) is 11.2. The summed E-state index contributed by atoms with van der Waals surface area (Å²) in [5.41, 5.74) is 11.2. The molecule has 0 radical (unpaired) electrons. The normalized spacial score (nSPS) is 12.2. The molecule has 0 atom stereocenters. The minimum absolute atomic E-state index is 0.190. The number of alkyl halides is 3. The summed E-state index contributed by atoms with van der Waals surface area (Å²) in [6.07, 6.45) is 4.63. The molecule has 3 heterocycles. The van der Waals surface area contributed by atoms with Crippen LogP contribution in [0.2, 0.25) is 0 Å². The predicted molar refractivity (Wildman–Crippen MR) is 242 cm³/mol. The van der Waals surface area contributed by atoms with E-state index in [0.717, 1.165) is 81.4 Å². The standard InChI is InChI=1S/C43H38Br5N3O2/c44-17-2-20-49-34-15-11-28(27-9-7-26(8-10-27)5-1-6-37(52)53)23-32(34)39-41(49)38-31-14-12-30(48)25-36(31)51(22-4-19-46)42(38)40-33-24-29(47)13-16-35(33)50(43(39)40)21-3-18-45/h7-16,23-25H,1-6,17-22H2,(H,52,53). The van der Waals surface area contributed by atoms with Crippen LogP contribution in [0.3, 0.4) is 0 Å². The van der Waals surface area contributed by atoms with Gasteiger partial charge in [-0.2, -0.15) is 0 Å². The summed E-state index contributed by atoms with van der Waals surface area (Å²) in [6, 6.07) is 29.3. The van der Waals surface area contributed by atoms with Gasteiger partial charge in [0.25, 0.3) is 0 Å². The number of fused-ring (bicyclic) bond motifs is 12. The molecule has 53 heavy (non-hydrogen) atoms. The maximum absolute atomic E-state index is 11.1. The van der Waals surface area contributed by atoms with Crippen molar-refractivity contribution >= 4 is 151 Å². The maximum Gasteiger partial charge on any atom is 0.303 e. The molecule has 0 aliphatic rings. The number of carbonyl (C=O) groups is 1. The third-order valence-corrected chi connectivity index (χ3v) is 13.2. The van der Waals surface area contributed by atoms with Crippen molar-refractivity contribution in [2.75, 3.05) is 16.0 Å². The Morgan fingerprint density at radius 2 is 1.02 bits per heavy atom. The number of aliphatic carboxylic acids is 1. The molecule has 272 valence electrons. The van der Waals surface area contributed by atoms with E-state index < -0.39 is 5.97 Å². The summed E-state index contributed by atoms with van der Waals surface area (Å²) in [4.78, 5) is 11.1. The Morgan fingerprint density at radius 1 is 0.528 bits per heavy atom. The molecule has 5 nitrogen and oxygen atoms in total. The van der Waals surface area contributed by atoms with E-state index in [1.807, 2.05) is 0 Å². The van der Waals surface area contributed by atoms with Crippen LogP contribution in [-0.2, 0) is 30.8 Å². The quantitative estimate of drug-likeness (QED) is 0.110. The first-order valence-electron chi connectivity index (χ1n) is 18.1. The van der Waals surface area contributed by atoms with Crippen molar-refractivity contribution in [1.29, 1.82) is 0 Å². The van der Waals surface area contributed by atoms with Crippen LogP contribution in [0.15, 0.2) is 87.8 Å². The predicted octanol–water partition coefficient (Wildman–Crippen LogP) is 14.0. The number of rotatable bonds is 14. The summed E-state index contributed by atoms with van der Waals surface area (Å²) in [5.74, 6) is -0.744. The number of nitrogens with zero attached hydrogens (tertiary/aromatic N) is 3. The number of halogens is 5. The van der Waals surface area contributed by atoms with Crippen molar-refractivity contribution in [2.24, 2.45) is 0 Å². The van der Waals surface area contributed by atoms with Crippen LogP contribution in [0.25, 0.3) is 76.5 Å². The van der Waals surface area contributed by atoms with Crippen molar-refractivity contribution < 1.29 is 9.90 Å². The highest BCUT2D eigenvalue weighted by atomic mass is 79.9. The zero-order chi connectivity index (χ0) is 36.8. The van der Waals surface area contributed by atoms with Crippen molar-refractivity contribution in [3.05, 3.63) is 93.4 Å². The lowest BCUT2D eigenvalue weighted by atomic mass is 9.98. The molecule has 0 spiro atoms. The summed E-state index contributed by atoms with van der Waals surface area (Å²) in [5, 5.41) is 19.7. The highest BCUT2D eigenvalue weighted by Crippen LogP contribution is 2.49. The lowest BCUT2D eigenvalue weighted by Gasteiger charge is -2.12. The number of hydrogen-bond donors (Lipinski definition) is 1. The average molecular weight is 1030 g/mol. The van der Waals surface area contributed by atoms with E-state index in [0.29, 0.717) is 6.42 Å². The minimum atomic E-state index is -0.744. The van der Waals surface area contributed by atoms with Gasteiger partial charge in [-0.1, -0.05) is 116 Å². The van der Waals surface area contributed by atoms with Gasteiger partial charge in [0, 0.05) is 94.3 Å². The summed E-state index contributed by atoms with van der Waals surface area (Å²) < 4.78 is 9.94. The fraction of sp³-hybridized carbons (Fsp3) is 0.279. The van der Waals surface area contributed by atoms with E-state index in [1.54, 1.807) is 0 Å². The number of hydrogen-bond acceptors (Lipinski definition) is 1. The van der Waals surface area contributed by atoms with Gasteiger partial charge in [0.1, 0.15) is 0 Å². The van der Waals surface area contributed by atoms with Crippen molar-refractivity contribution in [3.63, 3.8) is 0 Å². The molecule has 0 amide bonds. The molecule has 0 aliphatic heterocycles. The van der Waals surface area contributed by atoms with Crippen LogP contribution in [0.5, 0.6) is 0 Å². The Balaban J connectivity index is 1.53. The monoisotopic (exact) mass is 1020 g/mol. The molecule has 8 rings (SSSR count). The zero-order valence-corrected chi connectivity index (χ0v) is 37.0. The van der Waals surface area contributed by atoms with E-state index in [4.69, 9.17) is 5.11 Å². The van der Waals surface area contributed by atoms with Crippen LogP contribution >= 0.6 is 79.6 Å². The van der Waals surface area contributed by atoms with Crippen LogP contribution < -0.4 is 0 Å². The molecule has 0 saturated heterocycles. The van der Waals surface area contributed by atoms with Gasteiger partial charge < -0.3 is 18.8 Å². The zero-order valence-electron chi connectivity index (χ0n) is 29.1. The molecule has 0 bridgehead atoms. The number of aryl methyl sites for hydroxylation is 4. The number of carboxylic acids is 1. The van der Waals surface area contributed by atoms with Crippen LogP contribution in [0.4, 0.5) is 0 Å². The van der Waals surface area contributed by atoms with Gasteiger partial charge in [-0.15, -0.1) is 0 Å². The molecule has 8 aromatic rings. The van der Waals surface area contributed by atoms with Gasteiger partial charge in [-0.05, 0) is 91.3 Å². The van der Waals surface area contributed by atoms with Crippen LogP contribution in [0, 0.1) is 0 Å². The summed E-state index contributed by atoms with van der Waals surface area (Å²) in [6.45, 7) is 2.70. The second-order valence-corrected chi connectivity index (χ2v) is 18.0. The Bertz CT molecular complexity index is 2670. The topological polar surface area (TPSA) is 52.1 Å². The number of aromatic nitrogens is 3. The minimum Gasteiger partial charge on any atom is -0.481 e. The Labute approximate surface area is 350 Å². The Hall–Kier alpha value is -2.63. The van der Waals surface area contributed by atoms with Crippen LogP contribution in [0.1, 0.15) is 37.7 Å². The first-order valence-corrected chi connectivity index (χ1v) is 23.1. The summed E-state index contributed by atoms with van der Waals surface area (Å²) >= 11 is 19.0. The molecular weight excluding hydrogens is 990 g/mol. The van der Waals surface area contributed by atoms with Crippen molar-refractivity contribution in [2.45, 2.75) is 58.2 Å². The van der Waals surface area contributed by atoms with Gasteiger partial charge in [-0.3, -0.25) is 4.79 Å². The maximum atomic E-state index is 11.1. The smallest absolute Gasteiger partial charge is 0.303 e. The lowest BCUT2D eigenvalue weighted by Crippen LogP contribution is -2.02. The van der Waals surface area contributed by atoms with Crippen LogP contribution in [-0.4, -0.2) is 40.8 Å². The first-order chi connectivity index (χ1) is 25.8. The van der Waals surface area contributed by atoms with E-state index in [1.165, 1.54) is 71.0 Å². The molecule has 5 aromatic carbocycles. The number of benzene rings is 5. The average Bonchev–Trinajstić information content (AvgIpc) is 3.76. The van der Waals surface area contributed by atoms with Gasteiger partial charge in [-0.25, -0.2) is 0 Å². The second-order valence-electron chi connectivity index (χ2n) is 13.8. The fourth-order valence-electron chi connectivity index (χ4n) is 8.34. The SMILES string of the molecule is O=C(O)CCCc1ccc(-c2ccc3c(c2)c2c(c4c5ccc(Br)cc5n(CCCBr)c4c4c5cc(Br)ccc5n(CCCBr)c24)n3CCCBr)cc1. The number of carboxylic acid groups (broad SMARTS) is 1. The third-order valence-electron chi connectivity index (χ3n) is 10.5. The fourth-order valence-corrected chi connectivity index (χ4v) is 9.80. The Morgan fingerprint density at radius 3 is 1.60 bits per heavy atom. The third kappa shape index (κ3) is 6.72. The lowest BCUT2D eigenvalue weighted by molar-refractivity contribution is -0.137. The van der Waals surface area contributed by atoms with E-state index in [-0.39, 0.29) is 6.42 Å². The van der Waals surface area contributed by atoms with E-state index >= 15 is 0 Å². The molecule has 0 unspecified atom stereocenters. The van der Waals surface area contributed by atoms with Crippen molar-refractivity contribution in [1.82, 2.24) is 13.7 Å². The van der Waals surface area contributed by atoms with E-state index in [2.05, 4.69) is 172 Å². The van der Waals surface area contributed by atoms with E-state index in [9.17, 15) is 4.79 Å². The van der Waals surface area contributed by atoms with Gasteiger partial charge >= 0.3 is 5.97 Å². The molecule has 0 fully saturated rings. The molecule has 3 aromatic heterocycles. The molecule has 0 aliphatic carbocycles. The highest BCUT2D eigenvalue weighted by Gasteiger charge is 2.27. The first kappa shape index (κ1) is 37.3. The summed E-state index contributed by atoms with van der Waals surface area (Å²) in [7, 11) is 0. The highest BCUT2D eigenvalue weighted by molar-refractivity contribution is 9.11. The molecular formula is C43H38Br5N3O2. The van der Waals surface area contributed by atoms with Gasteiger partial charge in [0.05, 0.1) is 22.1 Å². The molecule has 1 N–H and O–H groups in total. The van der Waals surface area contributed by atoms with Gasteiger partial charge in [0.2, 0.25) is 0 Å². The second kappa shape index (κ2) is 15.8. The van der Waals surface area contributed by atoms with Crippen molar-refractivity contribution in [3.8, 4) is 11.1 Å². The largest absolute Gasteiger partial charge is 0.481 e. The van der Waals surface area contributed by atoms with Gasteiger partial charge in [0.15, 0.2) is 0 Å². The molecule has 10 heteroatoms. The molecule has 0 saturated carbocycles.